The monoisotopic (exact) mass is 315 g/mol. The molecule has 2 aromatic carbocycles. The van der Waals surface area contributed by atoms with Crippen LogP contribution in [0.3, 0.4) is 0 Å². The fourth-order valence-corrected chi connectivity index (χ4v) is 1.92. The summed E-state index contributed by atoms with van der Waals surface area (Å²) >= 11 is 5.84. The molecule has 0 heterocycles. The predicted octanol–water partition coefficient (Wildman–Crippen LogP) is 3.60. The Labute approximate surface area is 135 Å². The second-order valence-electron chi connectivity index (χ2n) is 4.96. The molecule has 0 aromatic heterocycles. The van der Waals surface area contributed by atoms with Crippen LogP contribution >= 0.6 is 11.6 Å². The van der Waals surface area contributed by atoms with E-state index >= 15 is 0 Å². The van der Waals surface area contributed by atoms with Crippen molar-refractivity contribution in [3.05, 3.63) is 64.7 Å². The first-order valence-corrected chi connectivity index (χ1v) is 7.32. The number of benzene rings is 2. The van der Waals surface area contributed by atoms with Crippen LogP contribution in [0.2, 0.25) is 5.02 Å². The van der Waals surface area contributed by atoms with Gasteiger partial charge in [0.2, 0.25) is 0 Å². The first kappa shape index (κ1) is 16.0. The number of aryl methyl sites for hydroxylation is 1. The van der Waals surface area contributed by atoms with E-state index in [0.29, 0.717) is 5.02 Å². The Balaban J connectivity index is 1.85. The number of anilines is 1. The van der Waals surface area contributed by atoms with Crippen molar-refractivity contribution in [3.8, 4) is 0 Å². The van der Waals surface area contributed by atoms with E-state index in [-0.39, 0.29) is 12.5 Å². The molecule has 0 aliphatic carbocycles. The van der Waals surface area contributed by atoms with Crippen LogP contribution in [0, 0.1) is 6.92 Å². The molecule has 0 spiro atoms. The van der Waals surface area contributed by atoms with Gasteiger partial charge in [0.25, 0.3) is 5.91 Å². The number of amides is 1. The second kappa shape index (κ2) is 7.61. The van der Waals surface area contributed by atoms with E-state index in [1.54, 1.807) is 12.1 Å². The first-order valence-electron chi connectivity index (χ1n) is 6.94. The zero-order chi connectivity index (χ0) is 15.9. The molecule has 0 aliphatic heterocycles. The summed E-state index contributed by atoms with van der Waals surface area (Å²) in [6.07, 6.45) is 0. The molecule has 22 heavy (non-hydrogen) atoms. The van der Waals surface area contributed by atoms with Crippen molar-refractivity contribution in [3.63, 3.8) is 0 Å². The maximum absolute atomic E-state index is 11.8. The zero-order valence-corrected chi connectivity index (χ0v) is 13.3. The van der Waals surface area contributed by atoms with Crippen molar-refractivity contribution in [2.75, 3.05) is 11.9 Å². The maximum atomic E-state index is 11.8. The smallest absolute Gasteiger partial charge is 0.259 e. The van der Waals surface area contributed by atoms with Crippen LogP contribution in [0.1, 0.15) is 18.1 Å². The van der Waals surface area contributed by atoms with Gasteiger partial charge in [0.05, 0.1) is 12.3 Å². The van der Waals surface area contributed by atoms with Crippen LogP contribution in [-0.2, 0) is 4.79 Å². The molecule has 2 aromatic rings. The predicted molar refractivity (Wildman–Crippen MR) is 91.5 cm³/mol. The molecular weight excluding hydrogens is 298 g/mol. The number of nitrogens with zero attached hydrogens (tertiary/aromatic N) is 1. The van der Waals surface area contributed by atoms with Crippen molar-refractivity contribution >= 4 is 28.9 Å². The van der Waals surface area contributed by atoms with Gasteiger partial charge >= 0.3 is 0 Å². The molecule has 0 atom stereocenters. The van der Waals surface area contributed by atoms with Crippen molar-refractivity contribution in [1.29, 1.82) is 0 Å². The minimum Gasteiger partial charge on any atom is -0.376 e. The number of hydrogen-bond acceptors (Lipinski definition) is 3. The number of carbonyl (C=O) groups is 1. The Morgan fingerprint density at radius 3 is 2.36 bits per heavy atom. The summed E-state index contributed by atoms with van der Waals surface area (Å²) in [6.45, 7) is 4.02. The fourth-order valence-electron chi connectivity index (χ4n) is 1.80. The third kappa shape index (κ3) is 4.90. The van der Waals surface area contributed by atoms with Crippen LogP contribution in [0.5, 0.6) is 0 Å². The van der Waals surface area contributed by atoms with Crippen LogP contribution in [0.4, 0.5) is 5.69 Å². The minimum atomic E-state index is -0.200. The number of hydrazone groups is 1. The van der Waals surface area contributed by atoms with Crippen LogP contribution in [0.25, 0.3) is 0 Å². The Morgan fingerprint density at radius 1 is 1.09 bits per heavy atom. The highest BCUT2D eigenvalue weighted by Crippen LogP contribution is 2.10. The molecule has 5 heteroatoms. The molecule has 0 bridgehead atoms. The van der Waals surface area contributed by atoms with E-state index in [4.69, 9.17) is 11.6 Å². The van der Waals surface area contributed by atoms with Gasteiger partial charge < -0.3 is 5.32 Å². The normalized spacial score (nSPS) is 11.1. The number of hydrogen-bond donors (Lipinski definition) is 2. The number of nitrogens with one attached hydrogen (secondary N) is 2. The van der Waals surface area contributed by atoms with Crippen molar-refractivity contribution in [1.82, 2.24) is 5.43 Å². The topological polar surface area (TPSA) is 53.5 Å². The molecule has 0 fully saturated rings. The molecule has 114 valence electrons. The number of rotatable bonds is 5. The van der Waals surface area contributed by atoms with E-state index in [9.17, 15) is 4.79 Å². The molecule has 2 rings (SSSR count). The Bertz CT molecular complexity index is 663. The van der Waals surface area contributed by atoms with Crippen molar-refractivity contribution in [2.45, 2.75) is 13.8 Å². The summed E-state index contributed by atoms with van der Waals surface area (Å²) in [5.41, 5.74) is 6.25. The first-order chi connectivity index (χ1) is 10.5. The van der Waals surface area contributed by atoms with Gasteiger partial charge in [-0.15, -0.1) is 0 Å². The van der Waals surface area contributed by atoms with Gasteiger partial charge in [-0.25, -0.2) is 5.43 Å². The highest BCUT2D eigenvalue weighted by molar-refractivity contribution is 6.30. The third-order valence-corrected chi connectivity index (χ3v) is 3.37. The summed E-state index contributed by atoms with van der Waals surface area (Å²) in [6, 6.07) is 15.1. The van der Waals surface area contributed by atoms with E-state index in [2.05, 4.69) is 15.8 Å². The Hall–Kier alpha value is -2.33. The van der Waals surface area contributed by atoms with Gasteiger partial charge in [-0.3, -0.25) is 4.79 Å². The lowest BCUT2D eigenvalue weighted by atomic mass is 10.1. The van der Waals surface area contributed by atoms with E-state index in [0.717, 1.165) is 17.0 Å². The molecule has 0 radical (unpaired) electrons. The third-order valence-electron chi connectivity index (χ3n) is 3.11. The van der Waals surface area contributed by atoms with Gasteiger partial charge in [0, 0.05) is 10.7 Å². The largest absolute Gasteiger partial charge is 0.376 e. The second-order valence-corrected chi connectivity index (χ2v) is 5.40. The molecule has 0 unspecified atom stereocenters. The zero-order valence-electron chi connectivity index (χ0n) is 12.6. The van der Waals surface area contributed by atoms with Gasteiger partial charge in [0.15, 0.2) is 0 Å². The van der Waals surface area contributed by atoms with Gasteiger partial charge in [-0.05, 0) is 43.7 Å². The van der Waals surface area contributed by atoms with Gasteiger partial charge in [0.1, 0.15) is 0 Å². The van der Waals surface area contributed by atoms with E-state index < -0.39 is 0 Å². The lowest BCUT2D eigenvalue weighted by Crippen LogP contribution is -2.26. The van der Waals surface area contributed by atoms with Crippen LogP contribution in [0.15, 0.2) is 53.6 Å². The van der Waals surface area contributed by atoms with E-state index in [1.165, 1.54) is 5.56 Å². The van der Waals surface area contributed by atoms with Crippen molar-refractivity contribution in [2.24, 2.45) is 5.10 Å². The summed E-state index contributed by atoms with van der Waals surface area (Å²) < 4.78 is 0. The Kier molecular flexibility index (Phi) is 5.55. The van der Waals surface area contributed by atoms with Gasteiger partial charge in [-0.2, -0.15) is 5.10 Å². The summed E-state index contributed by atoms with van der Waals surface area (Å²) in [5, 5.41) is 7.80. The summed E-state index contributed by atoms with van der Waals surface area (Å²) in [5.74, 6) is -0.200. The summed E-state index contributed by atoms with van der Waals surface area (Å²) in [7, 11) is 0. The lowest BCUT2D eigenvalue weighted by molar-refractivity contribution is -0.119. The molecule has 0 aliphatic rings. The SMILES string of the molecule is CC(=NNC(=O)CNc1ccc(C)cc1)c1ccc(Cl)cc1. The van der Waals surface area contributed by atoms with E-state index in [1.807, 2.05) is 50.2 Å². The van der Waals surface area contributed by atoms with Crippen molar-refractivity contribution < 1.29 is 4.79 Å². The standard InChI is InChI=1S/C17H18ClN3O/c1-12-3-9-16(10-4-12)19-11-17(22)21-20-13(2)14-5-7-15(18)8-6-14/h3-10,19H,11H2,1-2H3,(H,21,22). The lowest BCUT2D eigenvalue weighted by Gasteiger charge is -2.06. The Morgan fingerprint density at radius 2 is 1.73 bits per heavy atom. The number of carbonyl (C=O) groups excluding carboxylic acids is 1. The molecule has 1 amide bonds. The molecular formula is C17H18ClN3O. The maximum Gasteiger partial charge on any atom is 0.259 e. The molecule has 2 N–H and O–H groups in total. The average molecular weight is 316 g/mol. The molecule has 0 saturated heterocycles. The van der Waals surface area contributed by atoms with Gasteiger partial charge in [-0.1, -0.05) is 41.4 Å². The fraction of sp³-hybridized carbons (Fsp3) is 0.176. The van der Waals surface area contributed by atoms with Crippen LogP contribution in [-0.4, -0.2) is 18.2 Å². The highest BCUT2D eigenvalue weighted by Gasteiger charge is 2.01. The highest BCUT2D eigenvalue weighted by atomic mass is 35.5. The quantitative estimate of drug-likeness (QED) is 0.654. The average Bonchev–Trinajstić information content (AvgIpc) is 2.52. The number of halogens is 1. The molecule has 0 saturated carbocycles. The van der Waals surface area contributed by atoms with Crippen LogP contribution < -0.4 is 10.7 Å². The minimum absolute atomic E-state index is 0.167. The molecule has 4 nitrogen and oxygen atoms in total. The summed E-state index contributed by atoms with van der Waals surface area (Å²) in [4.78, 5) is 11.8.